The molecule has 1 aliphatic carbocycles. The zero-order valence-corrected chi connectivity index (χ0v) is 22.6. The van der Waals surface area contributed by atoms with Gasteiger partial charge in [-0.05, 0) is 78.9 Å². The minimum absolute atomic E-state index is 0.0974. The second-order valence-corrected chi connectivity index (χ2v) is 10.7. The standard InChI is InChI=1S/C32H29ClN2O5/c33-23-10-8-22(9-11-23)32(38)14-18-35(19-15-32)17-3-4-21-20-26-25(28-12-13-29(39-28)31(36)37)5-1-7-27(26)40-30-24(21)6-2-16-34-30/h1-2,4-13,16,20,25,38H,3,14-15,17-19H2,(H,36,37). The van der Waals surface area contributed by atoms with E-state index in [-0.39, 0.29) is 11.7 Å². The Morgan fingerprint density at radius 1 is 1.15 bits per heavy atom. The molecule has 6 rings (SSSR count). The van der Waals surface area contributed by atoms with Gasteiger partial charge in [0.25, 0.3) is 0 Å². The van der Waals surface area contributed by atoms with Crippen LogP contribution in [0.15, 0.2) is 101 Å². The predicted molar refractivity (Wildman–Crippen MR) is 152 cm³/mol. The van der Waals surface area contributed by atoms with Crippen LogP contribution >= 0.6 is 11.6 Å². The molecule has 0 amide bonds. The number of benzene rings is 1. The highest BCUT2D eigenvalue weighted by Gasteiger charge is 2.34. The number of carboxylic acid groups (broad SMARTS) is 1. The van der Waals surface area contributed by atoms with Gasteiger partial charge in [-0.3, -0.25) is 0 Å². The van der Waals surface area contributed by atoms with Gasteiger partial charge in [0.2, 0.25) is 11.6 Å². The molecule has 1 unspecified atom stereocenters. The first-order valence-corrected chi connectivity index (χ1v) is 13.8. The summed E-state index contributed by atoms with van der Waals surface area (Å²) in [5.74, 6) is 0.222. The van der Waals surface area contributed by atoms with Gasteiger partial charge in [0.15, 0.2) is 0 Å². The highest BCUT2D eigenvalue weighted by Crippen LogP contribution is 2.42. The molecular formula is C32H29ClN2O5. The summed E-state index contributed by atoms with van der Waals surface area (Å²) in [5, 5.41) is 21.2. The Morgan fingerprint density at radius 2 is 1.95 bits per heavy atom. The van der Waals surface area contributed by atoms with Crippen molar-refractivity contribution in [2.24, 2.45) is 0 Å². The molecule has 0 spiro atoms. The van der Waals surface area contributed by atoms with E-state index >= 15 is 0 Å². The lowest BCUT2D eigenvalue weighted by molar-refractivity contribution is -0.0254. The summed E-state index contributed by atoms with van der Waals surface area (Å²) in [5.41, 5.74) is 2.85. The molecule has 1 atom stereocenters. The molecule has 2 aromatic heterocycles. The molecule has 7 nitrogen and oxygen atoms in total. The Balaban J connectivity index is 1.21. The number of fused-ring (bicyclic) bond motifs is 2. The molecule has 1 aromatic carbocycles. The lowest BCUT2D eigenvalue weighted by Crippen LogP contribution is -2.42. The second-order valence-electron chi connectivity index (χ2n) is 10.3. The normalized spacial score (nSPS) is 21.1. The van der Waals surface area contributed by atoms with Crippen molar-refractivity contribution in [1.82, 2.24) is 9.88 Å². The van der Waals surface area contributed by atoms with Gasteiger partial charge in [-0.15, -0.1) is 0 Å². The number of ether oxygens (including phenoxy) is 1. The number of hydrogen-bond acceptors (Lipinski definition) is 6. The van der Waals surface area contributed by atoms with Crippen LogP contribution in [-0.2, 0) is 5.60 Å². The van der Waals surface area contributed by atoms with E-state index in [2.05, 4.69) is 22.0 Å². The Morgan fingerprint density at radius 3 is 2.70 bits per heavy atom. The van der Waals surface area contributed by atoms with Gasteiger partial charge in [-0.2, -0.15) is 0 Å². The molecule has 8 heteroatoms. The third-order valence-corrected chi connectivity index (χ3v) is 8.04. The van der Waals surface area contributed by atoms with E-state index in [9.17, 15) is 15.0 Å². The van der Waals surface area contributed by atoms with Crippen molar-refractivity contribution in [2.45, 2.75) is 30.8 Å². The van der Waals surface area contributed by atoms with E-state index in [1.54, 1.807) is 12.3 Å². The molecule has 0 saturated carbocycles. The average Bonchev–Trinajstić information content (AvgIpc) is 3.39. The number of aliphatic hydroxyl groups is 1. The molecule has 0 radical (unpaired) electrons. The fraction of sp³-hybridized carbons (Fsp3) is 0.250. The number of aromatic carboxylic acids is 1. The number of halogens is 1. The number of furan rings is 1. The lowest BCUT2D eigenvalue weighted by atomic mass is 9.84. The smallest absolute Gasteiger partial charge is 0.371 e. The largest absolute Gasteiger partial charge is 0.475 e. The van der Waals surface area contributed by atoms with Crippen molar-refractivity contribution >= 4 is 23.1 Å². The second kappa shape index (κ2) is 10.9. The number of carboxylic acids is 1. The fourth-order valence-corrected chi connectivity index (χ4v) is 5.68. The molecule has 0 bridgehead atoms. The minimum atomic E-state index is -1.10. The summed E-state index contributed by atoms with van der Waals surface area (Å²) in [7, 11) is 0. The van der Waals surface area contributed by atoms with E-state index in [1.807, 2.05) is 54.6 Å². The zero-order valence-electron chi connectivity index (χ0n) is 21.8. The van der Waals surface area contributed by atoms with Crippen molar-refractivity contribution < 1.29 is 24.2 Å². The van der Waals surface area contributed by atoms with Crippen molar-refractivity contribution in [3.8, 4) is 5.88 Å². The third kappa shape index (κ3) is 5.28. The van der Waals surface area contributed by atoms with Crippen molar-refractivity contribution in [1.29, 1.82) is 0 Å². The first-order valence-electron chi connectivity index (χ1n) is 13.4. The maximum atomic E-state index is 11.4. The van der Waals surface area contributed by atoms with Crippen molar-refractivity contribution in [3.63, 3.8) is 0 Å². The topological polar surface area (TPSA) is 96.0 Å². The molecule has 4 heterocycles. The fourth-order valence-electron chi connectivity index (χ4n) is 5.55. The average molecular weight is 557 g/mol. The predicted octanol–water partition coefficient (Wildman–Crippen LogP) is 6.34. The van der Waals surface area contributed by atoms with Gasteiger partial charge in [-0.25, -0.2) is 9.78 Å². The van der Waals surface area contributed by atoms with Crippen LogP contribution < -0.4 is 4.74 Å². The van der Waals surface area contributed by atoms with Crippen LogP contribution in [0, 0.1) is 0 Å². The van der Waals surface area contributed by atoms with E-state index in [1.165, 1.54) is 6.07 Å². The van der Waals surface area contributed by atoms with E-state index in [0.717, 1.165) is 48.3 Å². The highest BCUT2D eigenvalue weighted by molar-refractivity contribution is 6.30. The third-order valence-electron chi connectivity index (χ3n) is 7.79. The number of allylic oxidation sites excluding steroid dienone is 6. The summed E-state index contributed by atoms with van der Waals surface area (Å²) in [6, 6.07) is 14.5. The van der Waals surface area contributed by atoms with Crippen LogP contribution in [0.2, 0.25) is 5.02 Å². The van der Waals surface area contributed by atoms with E-state index < -0.39 is 11.6 Å². The Labute approximate surface area is 237 Å². The monoisotopic (exact) mass is 556 g/mol. The van der Waals surface area contributed by atoms with E-state index in [0.29, 0.717) is 35.3 Å². The summed E-state index contributed by atoms with van der Waals surface area (Å²) in [6.45, 7) is 2.45. The van der Waals surface area contributed by atoms with Gasteiger partial charge in [0.1, 0.15) is 11.5 Å². The van der Waals surface area contributed by atoms with Crippen molar-refractivity contribution in [2.75, 3.05) is 19.6 Å². The van der Waals surface area contributed by atoms with Crippen LogP contribution in [0.3, 0.4) is 0 Å². The van der Waals surface area contributed by atoms with Crippen LogP contribution in [0.25, 0.3) is 5.57 Å². The van der Waals surface area contributed by atoms with Crippen LogP contribution in [0.4, 0.5) is 0 Å². The van der Waals surface area contributed by atoms with Gasteiger partial charge >= 0.3 is 5.97 Å². The van der Waals surface area contributed by atoms with E-state index in [4.69, 9.17) is 20.8 Å². The number of rotatable bonds is 6. The summed E-state index contributed by atoms with van der Waals surface area (Å²) < 4.78 is 11.9. The van der Waals surface area contributed by atoms with Crippen LogP contribution in [-0.4, -0.2) is 45.7 Å². The SMILES string of the molecule is O=C(O)c1ccc(C2C=CC=C3Oc4ncccc4C(=CCCN4CCC(O)(c5ccc(Cl)cc5)CC4)C=C32)o1. The van der Waals surface area contributed by atoms with Gasteiger partial charge in [0.05, 0.1) is 11.5 Å². The first-order chi connectivity index (χ1) is 19.4. The van der Waals surface area contributed by atoms with Gasteiger partial charge < -0.3 is 24.3 Å². The number of hydrogen-bond donors (Lipinski definition) is 2. The number of carbonyl (C=O) groups is 1. The molecule has 3 aromatic rings. The number of nitrogens with zero attached hydrogens (tertiary/aromatic N) is 2. The minimum Gasteiger partial charge on any atom is -0.475 e. The quantitative estimate of drug-likeness (QED) is 0.366. The molecular weight excluding hydrogens is 528 g/mol. The molecule has 1 fully saturated rings. The zero-order chi connectivity index (χ0) is 27.7. The lowest BCUT2D eigenvalue weighted by Gasteiger charge is -2.38. The number of aromatic nitrogens is 1. The first kappa shape index (κ1) is 26.3. The molecule has 2 aliphatic heterocycles. The molecule has 40 heavy (non-hydrogen) atoms. The molecule has 1 saturated heterocycles. The summed E-state index contributed by atoms with van der Waals surface area (Å²) in [6.07, 6.45) is 13.9. The molecule has 204 valence electrons. The summed E-state index contributed by atoms with van der Waals surface area (Å²) >= 11 is 6.03. The van der Waals surface area contributed by atoms with Crippen molar-refractivity contribution in [3.05, 3.63) is 124 Å². The van der Waals surface area contributed by atoms with Gasteiger partial charge in [-0.1, -0.05) is 42.0 Å². The van der Waals surface area contributed by atoms with Gasteiger partial charge in [0, 0.05) is 42.0 Å². The molecule has 2 N–H and O–H groups in total. The Bertz CT molecular complexity index is 1540. The van der Waals surface area contributed by atoms with Crippen LogP contribution in [0.1, 0.15) is 52.6 Å². The van der Waals surface area contributed by atoms with Crippen LogP contribution in [0.5, 0.6) is 5.88 Å². The summed E-state index contributed by atoms with van der Waals surface area (Å²) in [4.78, 5) is 18.3. The maximum Gasteiger partial charge on any atom is 0.371 e. The number of piperidine rings is 1. The Hall–Kier alpha value is -3.91. The molecule has 3 aliphatic rings. The highest BCUT2D eigenvalue weighted by atomic mass is 35.5. The number of pyridine rings is 1. The maximum absolute atomic E-state index is 11.4. The Kier molecular flexibility index (Phi) is 7.19. The number of likely N-dealkylation sites (tertiary alicyclic amines) is 1.